The Kier molecular flexibility index (Phi) is 6.23. The fourth-order valence-corrected chi connectivity index (χ4v) is 1.89. The van der Waals surface area contributed by atoms with Crippen LogP contribution < -0.4 is 14.2 Å². The first-order valence-electron chi connectivity index (χ1n) is 7.42. The smallest absolute Gasteiger partial charge is 0.310 e. The van der Waals surface area contributed by atoms with Crippen LogP contribution in [0.2, 0.25) is 0 Å². The Hall–Kier alpha value is -2.76. The zero-order valence-electron chi connectivity index (χ0n) is 12.9. The van der Waals surface area contributed by atoms with Crippen LogP contribution in [0.3, 0.4) is 0 Å². The molecule has 2 aromatic carbocycles. The van der Waals surface area contributed by atoms with Crippen molar-refractivity contribution in [2.24, 2.45) is 0 Å². The summed E-state index contributed by atoms with van der Waals surface area (Å²) in [4.78, 5) is 10.4. The monoisotopic (exact) mass is 317 g/mol. The number of nitrogens with zero attached hydrogens (tertiary/aromatic N) is 1. The predicted molar refractivity (Wildman–Crippen MR) is 86.3 cm³/mol. The van der Waals surface area contributed by atoms with Crippen LogP contribution in [0.1, 0.15) is 13.3 Å². The number of nitro groups is 1. The van der Waals surface area contributed by atoms with Crippen LogP contribution in [-0.4, -0.2) is 24.7 Å². The first-order valence-corrected chi connectivity index (χ1v) is 7.42. The lowest BCUT2D eigenvalue weighted by Gasteiger charge is -2.09. The lowest BCUT2D eigenvalue weighted by molar-refractivity contribution is -0.385. The van der Waals surface area contributed by atoms with Crippen LogP contribution in [-0.2, 0) is 0 Å². The molecule has 0 saturated carbocycles. The molecule has 0 atom stereocenters. The normalized spacial score (nSPS) is 10.1. The first kappa shape index (κ1) is 16.6. The van der Waals surface area contributed by atoms with E-state index < -0.39 is 4.92 Å². The highest BCUT2D eigenvalue weighted by molar-refractivity contribution is 5.45. The Morgan fingerprint density at radius 1 is 0.870 bits per heavy atom. The zero-order valence-corrected chi connectivity index (χ0v) is 12.9. The number of para-hydroxylation sites is 2. The van der Waals surface area contributed by atoms with Gasteiger partial charge in [-0.15, -0.1) is 0 Å². The minimum absolute atomic E-state index is 0.0510. The third-order valence-corrected chi connectivity index (χ3v) is 2.97. The van der Waals surface area contributed by atoms with E-state index in [-0.39, 0.29) is 18.0 Å². The molecule has 0 heterocycles. The van der Waals surface area contributed by atoms with Crippen LogP contribution >= 0.6 is 0 Å². The summed E-state index contributed by atoms with van der Waals surface area (Å²) in [6.07, 6.45) is 0.960. The molecule has 0 unspecified atom stereocenters. The maximum atomic E-state index is 10.9. The molecular formula is C17H19NO5. The minimum atomic E-state index is -0.467. The standard InChI is InChI=1S/C17H19NO5/c1-2-11-21-14-7-9-15(10-8-14)22-12-13-23-17-6-4-3-5-16(17)18(19)20/h3-10H,2,11-13H2,1H3. The summed E-state index contributed by atoms with van der Waals surface area (Å²) in [6.45, 7) is 3.25. The van der Waals surface area contributed by atoms with Crippen molar-refractivity contribution >= 4 is 5.69 Å². The molecule has 2 aromatic rings. The van der Waals surface area contributed by atoms with Crippen LogP contribution in [0.15, 0.2) is 48.5 Å². The summed E-state index contributed by atoms with van der Waals surface area (Å²) < 4.78 is 16.4. The third kappa shape index (κ3) is 5.18. The Balaban J connectivity index is 1.78. The average molecular weight is 317 g/mol. The number of hydrogen-bond acceptors (Lipinski definition) is 5. The Morgan fingerprint density at radius 3 is 2.04 bits per heavy atom. The summed E-state index contributed by atoms with van der Waals surface area (Å²) in [5.74, 6) is 1.74. The molecule has 0 spiro atoms. The summed E-state index contributed by atoms with van der Waals surface area (Å²) in [5.41, 5.74) is -0.0510. The van der Waals surface area contributed by atoms with E-state index in [1.165, 1.54) is 6.07 Å². The highest BCUT2D eigenvalue weighted by atomic mass is 16.6. The number of hydrogen-bond donors (Lipinski definition) is 0. The Morgan fingerprint density at radius 2 is 1.43 bits per heavy atom. The van der Waals surface area contributed by atoms with Crippen LogP contribution in [0.4, 0.5) is 5.69 Å². The summed E-state index contributed by atoms with van der Waals surface area (Å²) >= 11 is 0. The molecule has 0 saturated heterocycles. The van der Waals surface area contributed by atoms with Crippen molar-refractivity contribution in [3.8, 4) is 17.2 Å². The van der Waals surface area contributed by atoms with Gasteiger partial charge in [-0.05, 0) is 36.8 Å². The fourth-order valence-electron chi connectivity index (χ4n) is 1.89. The maximum Gasteiger partial charge on any atom is 0.310 e. The molecule has 23 heavy (non-hydrogen) atoms. The lowest BCUT2D eigenvalue weighted by atomic mass is 10.3. The highest BCUT2D eigenvalue weighted by Gasteiger charge is 2.13. The number of rotatable bonds is 9. The van der Waals surface area contributed by atoms with E-state index in [2.05, 4.69) is 6.92 Å². The molecule has 0 aliphatic heterocycles. The van der Waals surface area contributed by atoms with Gasteiger partial charge in [-0.3, -0.25) is 10.1 Å². The van der Waals surface area contributed by atoms with E-state index >= 15 is 0 Å². The first-order chi connectivity index (χ1) is 11.2. The predicted octanol–water partition coefficient (Wildman–Crippen LogP) is 3.84. The van der Waals surface area contributed by atoms with E-state index in [1.807, 2.05) is 24.3 Å². The molecular weight excluding hydrogens is 298 g/mol. The van der Waals surface area contributed by atoms with Gasteiger partial charge >= 0.3 is 5.69 Å². The van der Waals surface area contributed by atoms with Gasteiger partial charge < -0.3 is 14.2 Å². The van der Waals surface area contributed by atoms with Gasteiger partial charge in [-0.1, -0.05) is 19.1 Å². The van der Waals surface area contributed by atoms with Crippen molar-refractivity contribution in [2.75, 3.05) is 19.8 Å². The molecule has 122 valence electrons. The number of nitro benzene ring substituents is 1. The third-order valence-electron chi connectivity index (χ3n) is 2.97. The molecule has 0 radical (unpaired) electrons. The topological polar surface area (TPSA) is 70.8 Å². The van der Waals surface area contributed by atoms with Gasteiger partial charge in [0, 0.05) is 6.07 Å². The second-order valence-electron chi connectivity index (χ2n) is 4.74. The molecule has 2 rings (SSSR count). The van der Waals surface area contributed by atoms with Crippen molar-refractivity contribution in [2.45, 2.75) is 13.3 Å². The van der Waals surface area contributed by atoms with Crippen molar-refractivity contribution in [1.29, 1.82) is 0 Å². The highest BCUT2D eigenvalue weighted by Crippen LogP contribution is 2.25. The quantitative estimate of drug-likeness (QED) is 0.399. The van der Waals surface area contributed by atoms with Crippen LogP contribution in [0, 0.1) is 10.1 Å². The van der Waals surface area contributed by atoms with E-state index in [4.69, 9.17) is 14.2 Å². The molecule has 0 amide bonds. The fraction of sp³-hybridized carbons (Fsp3) is 0.294. The number of benzene rings is 2. The molecule has 0 aromatic heterocycles. The Bertz CT molecular complexity index is 627. The molecule has 0 bridgehead atoms. The second kappa shape index (κ2) is 8.63. The molecule has 6 nitrogen and oxygen atoms in total. The molecule has 0 fully saturated rings. The molecule has 6 heteroatoms. The molecule has 0 N–H and O–H groups in total. The van der Waals surface area contributed by atoms with Crippen molar-refractivity contribution < 1.29 is 19.1 Å². The van der Waals surface area contributed by atoms with Gasteiger partial charge in [0.05, 0.1) is 11.5 Å². The second-order valence-corrected chi connectivity index (χ2v) is 4.74. The van der Waals surface area contributed by atoms with Crippen LogP contribution in [0.25, 0.3) is 0 Å². The van der Waals surface area contributed by atoms with Crippen molar-refractivity contribution in [3.63, 3.8) is 0 Å². The van der Waals surface area contributed by atoms with E-state index in [0.29, 0.717) is 19.0 Å². The van der Waals surface area contributed by atoms with Gasteiger partial charge in [0.25, 0.3) is 0 Å². The zero-order chi connectivity index (χ0) is 16.5. The van der Waals surface area contributed by atoms with E-state index in [0.717, 1.165) is 12.2 Å². The van der Waals surface area contributed by atoms with E-state index in [9.17, 15) is 10.1 Å². The van der Waals surface area contributed by atoms with Crippen molar-refractivity contribution in [3.05, 3.63) is 58.6 Å². The number of ether oxygens (including phenoxy) is 3. The summed E-state index contributed by atoms with van der Waals surface area (Å²) in [5, 5.41) is 10.9. The lowest BCUT2D eigenvalue weighted by Crippen LogP contribution is -2.09. The van der Waals surface area contributed by atoms with Gasteiger partial charge in [0.1, 0.15) is 24.7 Å². The molecule has 0 aliphatic rings. The Labute approximate surface area is 134 Å². The average Bonchev–Trinajstić information content (AvgIpc) is 2.58. The summed E-state index contributed by atoms with van der Waals surface area (Å²) in [6, 6.07) is 13.6. The van der Waals surface area contributed by atoms with Gasteiger partial charge in [-0.2, -0.15) is 0 Å². The van der Waals surface area contributed by atoms with Gasteiger partial charge in [0.2, 0.25) is 0 Å². The summed E-state index contributed by atoms with van der Waals surface area (Å²) in [7, 11) is 0. The van der Waals surface area contributed by atoms with Crippen molar-refractivity contribution in [1.82, 2.24) is 0 Å². The maximum absolute atomic E-state index is 10.9. The van der Waals surface area contributed by atoms with E-state index in [1.54, 1.807) is 18.2 Å². The van der Waals surface area contributed by atoms with Gasteiger partial charge in [-0.25, -0.2) is 0 Å². The van der Waals surface area contributed by atoms with Gasteiger partial charge in [0.15, 0.2) is 5.75 Å². The minimum Gasteiger partial charge on any atom is -0.494 e. The largest absolute Gasteiger partial charge is 0.494 e. The molecule has 0 aliphatic carbocycles. The van der Waals surface area contributed by atoms with Crippen LogP contribution in [0.5, 0.6) is 17.2 Å². The SMILES string of the molecule is CCCOc1ccc(OCCOc2ccccc2[N+](=O)[O-])cc1.